The molecule has 2 unspecified atom stereocenters. The zero-order chi connectivity index (χ0) is 70.4. The molecule has 0 aromatic carbocycles. The van der Waals surface area contributed by atoms with Crippen LogP contribution in [0.2, 0.25) is 0 Å². The lowest BCUT2D eigenvalue weighted by molar-refractivity contribution is -0.870. The van der Waals surface area contributed by atoms with Gasteiger partial charge in [0.25, 0.3) is 7.82 Å². The van der Waals surface area contributed by atoms with Crippen molar-refractivity contribution in [3.05, 3.63) is 12.2 Å². The number of carbonyl (C=O) groups excluding carboxylic acids is 2. The smallest absolute Gasteiger partial charge is 0.306 e. The Balaban J connectivity index is 3.84. The molecule has 0 aliphatic heterocycles. The summed E-state index contributed by atoms with van der Waals surface area (Å²) >= 11 is 0. The van der Waals surface area contributed by atoms with E-state index < -0.39 is 26.5 Å². The largest absolute Gasteiger partial charge is 0.756 e. The predicted molar refractivity (Wildman–Crippen MR) is 421 cm³/mol. The molecule has 0 saturated heterocycles. The van der Waals surface area contributed by atoms with E-state index in [4.69, 9.17) is 18.5 Å². The second kappa shape index (κ2) is 78.9. The number of unbranched alkanes of at least 4 members (excludes halogenated alkanes) is 68. The maximum absolute atomic E-state index is 12.9. The van der Waals surface area contributed by atoms with Crippen LogP contribution < -0.4 is 4.89 Å². The summed E-state index contributed by atoms with van der Waals surface area (Å²) in [6.45, 7) is 4.35. The molecule has 2 atom stereocenters. The van der Waals surface area contributed by atoms with Gasteiger partial charge in [0.05, 0.1) is 27.7 Å². The highest BCUT2D eigenvalue weighted by atomic mass is 31.2. The molecule has 0 bridgehead atoms. The number of esters is 2. The van der Waals surface area contributed by atoms with Crippen molar-refractivity contribution in [3.8, 4) is 0 Å². The zero-order valence-corrected chi connectivity index (χ0v) is 67.2. The Labute approximate surface area is 607 Å². The van der Waals surface area contributed by atoms with Crippen LogP contribution in [0, 0.1) is 0 Å². The number of hydrogen-bond acceptors (Lipinski definition) is 8. The number of nitrogens with zero attached hydrogens (tertiary/aromatic N) is 1. The Hall–Kier alpha value is -1.25. The molecule has 0 fully saturated rings. The van der Waals surface area contributed by atoms with Gasteiger partial charge in [0.1, 0.15) is 19.8 Å². The third kappa shape index (κ3) is 83.6. The molecule has 0 aromatic heterocycles. The topological polar surface area (TPSA) is 111 Å². The molecule has 0 saturated carbocycles. The number of rotatable bonds is 84. The van der Waals surface area contributed by atoms with Crippen molar-refractivity contribution in [3.63, 3.8) is 0 Å². The summed E-state index contributed by atoms with van der Waals surface area (Å²) in [6, 6.07) is 0. The van der Waals surface area contributed by atoms with Crippen LogP contribution in [0.1, 0.15) is 483 Å². The minimum Gasteiger partial charge on any atom is -0.756 e. The molecular formula is C87H172NO8P. The van der Waals surface area contributed by atoms with Gasteiger partial charge in [0, 0.05) is 12.8 Å². The van der Waals surface area contributed by atoms with Gasteiger partial charge in [0.2, 0.25) is 0 Å². The second-order valence-corrected chi connectivity index (χ2v) is 33.0. The van der Waals surface area contributed by atoms with Gasteiger partial charge in [-0.05, 0) is 38.5 Å². The summed E-state index contributed by atoms with van der Waals surface area (Å²) in [4.78, 5) is 38.2. The third-order valence-corrected chi connectivity index (χ3v) is 21.5. The van der Waals surface area contributed by atoms with Gasteiger partial charge >= 0.3 is 11.9 Å². The van der Waals surface area contributed by atoms with Crippen molar-refractivity contribution in [1.29, 1.82) is 0 Å². The van der Waals surface area contributed by atoms with Crippen molar-refractivity contribution >= 4 is 19.8 Å². The molecule has 10 heteroatoms. The molecule has 0 heterocycles. The third-order valence-electron chi connectivity index (χ3n) is 20.5. The van der Waals surface area contributed by atoms with E-state index in [2.05, 4.69) is 26.0 Å². The van der Waals surface area contributed by atoms with E-state index in [0.29, 0.717) is 17.4 Å². The van der Waals surface area contributed by atoms with E-state index in [-0.39, 0.29) is 32.0 Å². The summed E-state index contributed by atoms with van der Waals surface area (Å²) in [5.74, 6) is -0.800. The van der Waals surface area contributed by atoms with Gasteiger partial charge in [-0.15, -0.1) is 0 Å². The molecule has 0 N–H and O–H groups in total. The first-order chi connectivity index (χ1) is 47.5. The van der Waals surface area contributed by atoms with Crippen LogP contribution in [0.5, 0.6) is 0 Å². The van der Waals surface area contributed by atoms with Crippen molar-refractivity contribution in [1.82, 2.24) is 0 Å². The number of hydrogen-bond donors (Lipinski definition) is 0. The Kier molecular flexibility index (Phi) is 77.9. The van der Waals surface area contributed by atoms with E-state index in [1.165, 1.54) is 417 Å². The molecular weight excluding hydrogens is 1220 g/mol. The Bertz CT molecular complexity index is 1640. The van der Waals surface area contributed by atoms with E-state index in [0.717, 1.165) is 32.1 Å². The van der Waals surface area contributed by atoms with Gasteiger partial charge in [-0.3, -0.25) is 14.2 Å². The predicted octanol–water partition coefficient (Wildman–Crippen LogP) is 28.7. The van der Waals surface area contributed by atoms with Gasteiger partial charge in [-0.25, -0.2) is 0 Å². The Morgan fingerprint density at radius 3 is 0.763 bits per heavy atom. The molecule has 0 aliphatic rings. The van der Waals surface area contributed by atoms with Crippen LogP contribution in [0.4, 0.5) is 0 Å². The number of carbonyl (C=O) groups is 2. The molecule has 0 radical (unpaired) electrons. The van der Waals surface area contributed by atoms with E-state index in [1.807, 2.05) is 21.1 Å². The van der Waals surface area contributed by atoms with Crippen LogP contribution in [0.25, 0.3) is 0 Å². The van der Waals surface area contributed by atoms with Crippen LogP contribution in [-0.4, -0.2) is 70.0 Å². The Morgan fingerprint density at radius 2 is 0.526 bits per heavy atom. The van der Waals surface area contributed by atoms with Crippen LogP contribution in [0.3, 0.4) is 0 Å². The Morgan fingerprint density at radius 1 is 0.309 bits per heavy atom. The first kappa shape index (κ1) is 95.8. The van der Waals surface area contributed by atoms with Gasteiger partial charge in [-0.1, -0.05) is 443 Å². The summed E-state index contributed by atoms with van der Waals surface area (Å²) < 4.78 is 34.5. The monoisotopic (exact) mass is 1390 g/mol. The second-order valence-electron chi connectivity index (χ2n) is 31.6. The molecule has 97 heavy (non-hydrogen) atoms. The van der Waals surface area contributed by atoms with Gasteiger partial charge in [-0.2, -0.15) is 0 Å². The maximum Gasteiger partial charge on any atom is 0.306 e. The first-order valence-corrected chi connectivity index (χ1v) is 45.4. The summed E-state index contributed by atoms with van der Waals surface area (Å²) in [6.07, 6.45) is 101. The SMILES string of the molecule is CCCCCCCCCC/C=C\CCCCCCCCCCCCCCCCCCCCCCCCCCCCCC(=O)OC(COC(=O)CCCCCCCCCCCCCCCCCCCCCCCCCCCCCCCCCCCC)COP(=O)([O-])OCC[N+](C)(C)C. The minimum absolute atomic E-state index is 0.0252. The number of likely N-dealkylation sites (N-methyl/N-ethyl adjacent to an activating group) is 1. The van der Waals surface area contributed by atoms with Crippen molar-refractivity contribution < 1.29 is 42.1 Å². The molecule has 9 nitrogen and oxygen atoms in total. The number of phosphoric ester groups is 1. The highest BCUT2D eigenvalue weighted by molar-refractivity contribution is 7.45. The fourth-order valence-electron chi connectivity index (χ4n) is 13.8. The summed E-state index contributed by atoms with van der Waals surface area (Å²) in [5.41, 5.74) is 0. The van der Waals surface area contributed by atoms with Crippen LogP contribution in [0.15, 0.2) is 12.2 Å². The van der Waals surface area contributed by atoms with Gasteiger partial charge in [0.15, 0.2) is 6.10 Å². The van der Waals surface area contributed by atoms with Crippen molar-refractivity contribution in [2.24, 2.45) is 0 Å². The molecule has 0 spiro atoms. The molecule has 0 aromatic rings. The molecule has 578 valence electrons. The standard InChI is InChI=1S/C87H172NO8P/c1-6-8-10-12-14-16-18-20-22-24-26-28-30-32-34-36-38-40-42-43-44-45-46-48-50-52-54-56-58-60-62-64-66-68-70-72-74-76-78-80-87(90)96-85(84-95-97(91,92)94-82-81-88(3,4)5)83-93-86(89)79-77-75-73-71-69-67-65-63-61-59-57-55-53-51-49-47-41-39-37-35-33-31-29-27-25-23-21-19-17-15-13-11-9-7-2/h24,26,85H,6-23,25,27-84H2,1-5H3/b26-24-. The van der Waals surface area contributed by atoms with Gasteiger partial charge < -0.3 is 27.9 Å². The van der Waals surface area contributed by atoms with Crippen molar-refractivity contribution in [2.45, 2.75) is 489 Å². The summed E-state index contributed by atoms with van der Waals surface area (Å²) in [7, 11) is 1.20. The highest BCUT2D eigenvalue weighted by Crippen LogP contribution is 2.38. The lowest BCUT2D eigenvalue weighted by atomic mass is 10.0. The van der Waals surface area contributed by atoms with E-state index in [9.17, 15) is 19.0 Å². The average molecular weight is 1390 g/mol. The highest BCUT2D eigenvalue weighted by Gasteiger charge is 2.22. The fraction of sp³-hybridized carbons (Fsp3) is 0.954. The molecule has 0 rings (SSSR count). The quantitative estimate of drug-likeness (QED) is 0.0195. The fourth-order valence-corrected chi connectivity index (χ4v) is 14.6. The average Bonchev–Trinajstić information content (AvgIpc) is 1.69. The lowest BCUT2D eigenvalue weighted by Crippen LogP contribution is -2.37. The number of ether oxygens (including phenoxy) is 2. The number of quaternary nitrogens is 1. The normalized spacial score (nSPS) is 12.9. The van der Waals surface area contributed by atoms with Crippen LogP contribution >= 0.6 is 7.82 Å². The van der Waals surface area contributed by atoms with Crippen LogP contribution in [-0.2, 0) is 32.7 Å². The molecule has 0 aliphatic carbocycles. The van der Waals surface area contributed by atoms with Crippen molar-refractivity contribution in [2.75, 3.05) is 47.5 Å². The zero-order valence-electron chi connectivity index (χ0n) is 66.3. The van der Waals surface area contributed by atoms with E-state index in [1.54, 1.807) is 0 Å². The molecule has 0 amide bonds. The lowest BCUT2D eigenvalue weighted by Gasteiger charge is -2.28. The summed E-state index contributed by atoms with van der Waals surface area (Å²) in [5, 5.41) is 0. The first-order valence-electron chi connectivity index (χ1n) is 43.9. The number of phosphoric acid groups is 1. The number of allylic oxidation sites excluding steroid dienone is 2. The minimum atomic E-state index is -4.64. The van der Waals surface area contributed by atoms with E-state index >= 15 is 0 Å². The maximum atomic E-state index is 12.9.